The second-order valence-electron chi connectivity index (χ2n) is 6.90. The molecule has 0 amide bonds. The molecule has 1 saturated carbocycles. The van der Waals surface area contributed by atoms with Gasteiger partial charge in [-0.3, -0.25) is 0 Å². The van der Waals surface area contributed by atoms with E-state index in [1.165, 1.54) is 12.8 Å². The molecule has 0 aliphatic heterocycles. The first-order valence-electron chi connectivity index (χ1n) is 7.50. The zero-order valence-electron chi connectivity index (χ0n) is 13.3. The molecule has 5 heteroatoms. The van der Waals surface area contributed by atoms with Crippen LogP contribution in [0.4, 0.5) is 0 Å². The lowest BCUT2D eigenvalue weighted by atomic mass is 9.82. The lowest BCUT2D eigenvalue weighted by Gasteiger charge is -2.37. The fraction of sp³-hybridized carbons (Fsp3) is 0.625. The summed E-state index contributed by atoms with van der Waals surface area (Å²) in [6.07, 6.45) is 2.53. The van der Waals surface area contributed by atoms with Gasteiger partial charge in [-0.25, -0.2) is 0 Å². The summed E-state index contributed by atoms with van der Waals surface area (Å²) in [6.45, 7) is 8.07. The van der Waals surface area contributed by atoms with Gasteiger partial charge in [0.1, 0.15) is 5.75 Å². The van der Waals surface area contributed by atoms with Crippen LogP contribution in [0.2, 0.25) is 0 Å². The van der Waals surface area contributed by atoms with E-state index in [0.29, 0.717) is 13.4 Å². The minimum absolute atomic E-state index is 0.394. The molecule has 1 aromatic rings. The molecule has 0 unspecified atom stereocenters. The molecule has 21 heavy (non-hydrogen) atoms. The molecular weight excluding hydrogens is 283 g/mol. The third-order valence-corrected chi connectivity index (χ3v) is 4.56. The fourth-order valence-electron chi connectivity index (χ4n) is 1.75. The maximum Gasteiger partial charge on any atom is 0.313 e. The fourth-order valence-corrected chi connectivity index (χ4v) is 1.98. The van der Waals surface area contributed by atoms with Gasteiger partial charge in [0.15, 0.2) is 0 Å². The Labute approximate surface area is 133 Å². The smallest absolute Gasteiger partial charge is 0.313 e. The number of rotatable bonds is 7. The summed E-state index contributed by atoms with van der Waals surface area (Å²) < 4.78 is 11.8. The molecule has 0 spiro atoms. The van der Waals surface area contributed by atoms with Crippen molar-refractivity contribution >= 4 is 25.6 Å². The van der Waals surface area contributed by atoms with Gasteiger partial charge in [0.25, 0.3) is 0 Å². The number of thiol groups is 1. The Bertz CT molecular complexity index is 493. The van der Waals surface area contributed by atoms with E-state index in [1.54, 1.807) is 13.8 Å². The highest BCUT2D eigenvalue weighted by molar-refractivity contribution is 7.80. The summed E-state index contributed by atoms with van der Waals surface area (Å²) in [6, 6.07) is 5.84. The highest BCUT2D eigenvalue weighted by Crippen LogP contribution is 2.29. The van der Waals surface area contributed by atoms with Crippen molar-refractivity contribution in [1.82, 2.24) is 0 Å². The van der Waals surface area contributed by atoms with E-state index in [2.05, 4.69) is 12.6 Å². The summed E-state index contributed by atoms with van der Waals surface area (Å²) in [5.41, 5.74) is -0.589. The Morgan fingerprint density at radius 2 is 1.95 bits per heavy atom. The molecule has 0 radical (unpaired) electrons. The highest BCUT2D eigenvalue weighted by atomic mass is 32.1. The van der Waals surface area contributed by atoms with Crippen molar-refractivity contribution in [3.63, 3.8) is 0 Å². The molecule has 0 atom stereocenters. The Morgan fingerprint density at radius 1 is 1.29 bits per heavy atom. The maximum absolute atomic E-state index is 10.2. The Morgan fingerprint density at radius 3 is 2.52 bits per heavy atom. The van der Waals surface area contributed by atoms with Crippen molar-refractivity contribution < 1.29 is 14.5 Å². The molecule has 3 nitrogen and oxygen atoms in total. The third kappa shape index (κ3) is 4.66. The third-order valence-electron chi connectivity index (χ3n) is 4.28. The molecule has 0 bridgehead atoms. The van der Waals surface area contributed by atoms with Crippen LogP contribution in [0.5, 0.6) is 5.75 Å². The van der Waals surface area contributed by atoms with Crippen molar-refractivity contribution in [1.29, 1.82) is 0 Å². The van der Waals surface area contributed by atoms with Gasteiger partial charge in [0.05, 0.1) is 17.8 Å². The van der Waals surface area contributed by atoms with Gasteiger partial charge in [-0.15, -0.1) is 12.6 Å². The summed E-state index contributed by atoms with van der Waals surface area (Å²) in [4.78, 5) is 0.883. The maximum atomic E-state index is 10.2. The van der Waals surface area contributed by atoms with Gasteiger partial charge < -0.3 is 14.5 Å². The predicted molar refractivity (Wildman–Crippen MR) is 90.2 cm³/mol. The van der Waals surface area contributed by atoms with E-state index in [1.807, 2.05) is 32.0 Å². The van der Waals surface area contributed by atoms with Crippen molar-refractivity contribution in [3.8, 4) is 5.75 Å². The lowest BCUT2D eigenvalue weighted by molar-refractivity contribution is -0.0893. The molecule has 0 aromatic heterocycles. The van der Waals surface area contributed by atoms with Crippen molar-refractivity contribution in [2.75, 3.05) is 6.61 Å². The summed E-state index contributed by atoms with van der Waals surface area (Å²) >= 11 is 4.38. The van der Waals surface area contributed by atoms with Crippen LogP contribution in [-0.4, -0.2) is 30.4 Å². The molecule has 1 fully saturated rings. The van der Waals surface area contributed by atoms with Crippen LogP contribution >= 0.6 is 12.6 Å². The van der Waals surface area contributed by atoms with Crippen LogP contribution in [-0.2, 0) is 4.65 Å². The molecular formula is C16H25BO3S. The van der Waals surface area contributed by atoms with Gasteiger partial charge >= 0.3 is 7.48 Å². The van der Waals surface area contributed by atoms with E-state index < -0.39 is 11.2 Å². The van der Waals surface area contributed by atoms with Crippen LogP contribution in [0.25, 0.3) is 0 Å². The van der Waals surface area contributed by atoms with E-state index in [9.17, 15) is 5.11 Å². The van der Waals surface area contributed by atoms with E-state index in [-0.39, 0.29) is 0 Å². The van der Waals surface area contributed by atoms with Crippen molar-refractivity contribution in [2.45, 2.75) is 56.6 Å². The van der Waals surface area contributed by atoms with Crippen LogP contribution in [0, 0.1) is 5.92 Å². The van der Waals surface area contributed by atoms with Gasteiger partial charge in [0.2, 0.25) is 0 Å². The van der Waals surface area contributed by atoms with Gasteiger partial charge in [-0.2, -0.15) is 0 Å². The first-order valence-corrected chi connectivity index (χ1v) is 7.95. The molecule has 1 N–H and O–H groups in total. The number of aliphatic hydroxyl groups is 1. The zero-order chi connectivity index (χ0) is 15.7. The predicted octanol–water partition coefficient (Wildman–Crippen LogP) is 2.31. The Balaban J connectivity index is 2.05. The molecule has 0 saturated heterocycles. The molecule has 116 valence electrons. The Kier molecular flexibility index (Phi) is 4.96. The van der Waals surface area contributed by atoms with Crippen LogP contribution in [0.1, 0.15) is 40.5 Å². The Hall–Kier alpha value is -0.645. The summed E-state index contributed by atoms with van der Waals surface area (Å²) in [5, 5.41) is 10.2. The van der Waals surface area contributed by atoms with E-state index in [4.69, 9.17) is 9.39 Å². The number of hydrogen-bond acceptors (Lipinski definition) is 4. The van der Waals surface area contributed by atoms with Crippen LogP contribution < -0.4 is 10.2 Å². The highest BCUT2D eigenvalue weighted by Gasteiger charge is 2.36. The first-order chi connectivity index (χ1) is 9.69. The van der Waals surface area contributed by atoms with Crippen LogP contribution in [0.3, 0.4) is 0 Å². The minimum Gasteiger partial charge on any atom is -0.494 e. The summed E-state index contributed by atoms with van der Waals surface area (Å²) in [5.74, 6) is 1.56. The van der Waals surface area contributed by atoms with Crippen molar-refractivity contribution in [3.05, 3.63) is 18.2 Å². The molecule has 0 heterocycles. The largest absolute Gasteiger partial charge is 0.494 e. The molecule has 1 aliphatic rings. The van der Waals surface area contributed by atoms with Gasteiger partial charge in [-0.05, 0) is 70.1 Å². The molecule has 1 aromatic carbocycles. The average molecular weight is 308 g/mol. The normalized spacial score (nSPS) is 15.9. The monoisotopic (exact) mass is 308 g/mol. The van der Waals surface area contributed by atoms with Crippen molar-refractivity contribution in [2.24, 2.45) is 5.92 Å². The quantitative estimate of drug-likeness (QED) is 0.600. The summed E-state index contributed by atoms with van der Waals surface area (Å²) in [7, 11) is 0.394. The second kappa shape index (κ2) is 6.23. The van der Waals surface area contributed by atoms with E-state index in [0.717, 1.165) is 22.7 Å². The second-order valence-corrected chi connectivity index (χ2v) is 7.42. The molecule has 2 rings (SSSR count). The topological polar surface area (TPSA) is 38.7 Å². The number of hydrogen-bond donors (Lipinski definition) is 2. The molecule has 1 aliphatic carbocycles. The average Bonchev–Trinajstić information content (AvgIpc) is 3.18. The van der Waals surface area contributed by atoms with Crippen LogP contribution in [0.15, 0.2) is 23.1 Å². The lowest BCUT2D eigenvalue weighted by Crippen LogP contribution is -2.49. The van der Waals surface area contributed by atoms with Gasteiger partial charge in [-0.1, -0.05) is 0 Å². The first kappa shape index (κ1) is 16.7. The van der Waals surface area contributed by atoms with E-state index >= 15 is 0 Å². The zero-order valence-corrected chi connectivity index (χ0v) is 14.2. The minimum atomic E-state index is -0.916. The number of ether oxygens (including phenoxy) is 1. The SMILES string of the molecule is CC(C)(O)C(C)(C)OBc1cc(S)ccc1OCC1CC1. The standard InChI is InChI=1S/C16H25BO3S/c1-15(2,18)16(3,4)20-17-13-9-12(21)7-8-14(13)19-10-11-5-6-11/h7-9,11,17-18,21H,5-6,10H2,1-4H3. The van der Waals surface area contributed by atoms with Gasteiger partial charge in [0, 0.05) is 4.90 Å². The number of benzene rings is 1.